The van der Waals surface area contributed by atoms with E-state index < -0.39 is 0 Å². The third-order valence-corrected chi connectivity index (χ3v) is 2.78. The third-order valence-electron chi connectivity index (χ3n) is 2.78. The lowest BCUT2D eigenvalue weighted by molar-refractivity contribution is -0.141. The number of benzene rings is 1. The molecule has 0 radical (unpaired) electrons. The van der Waals surface area contributed by atoms with Crippen molar-refractivity contribution in [3.63, 3.8) is 0 Å². The van der Waals surface area contributed by atoms with Gasteiger partial charge in [0.1, 0.15) is 0 Å². The summed E-state index contributed by atoms with van der Waals surface area (Å²) in [6, 6.07) is 6.19. The highest BCUT2D eigenvalue weighted by Gasteiger charge is 2.22. The van der Waals surface area contributed by atoms with Crippen molar-refractivity contribution in [2.45, 2.75) is 20.4 Å². The van der Waals surface area contributed by atoms with E-state index in [2.05, 4.69) is 11.4 Å². The average molecular weight is 232 g/mol. The van der Waals surface area contributed by atoms with Gasteiger partial charge in [-0.1, -0.05) is 29.3 Å². The molecule has 0 unspecified atom stereocenters. The minimum Gasteiger partial charge on any atom is -0.345 e. The smallest absolute Gasteiger partial charge is 0.242 e. The van der Waals surface area contributed by atoms with Crippen LogP contribution < -0.4 is 5.32 Å². The Hall–Kier alpha value is -1.84. The van der Waals surface area contributed by atoms with Crippen molar-refractivity contribution in [1.29, 1.82) is 0 Å². The summed E-state index contributed by atoms with van der Waals surface area (Å²) in [6.45, 7) is 4.84. The maximum absolute atomic E-state index is 11.6. The van der Waals surface area contributed by atoms with Crippen molar-refractivity contribution in [1.82, 2.24) is 10.2 Å². The zero-order chi connectivity index (χ0) is 12.4. The summed E-state index contributed by atoms with van der Waals surface area (Å²) in [5, 5.41) is 2.54. The van der Waals surface area contributed by atoms with Gasteiger partial charge in [-0.2, -0.15) is 0 Å². The van der Waals surface area contributed by atoms with E-state index in [9.17, 15) is 9.59 Å². The molecule has 1 aliphatic heterocycles. The van der Waals surface area contributed by atoms with Gasteiger partial charge in [0.15, 0.2) is 0 Å². The number of piperazine rings is 1. The van der Waals surface area contributed by atoms with E-state index in [4.69, 9.17) is 0 Å². The van der Waals surface area contributed by atoms with Gasteiger partial charge in [-0.25, -0.2) is 0 Å². The van der Waals surface area contributed by atoms with E-state index in [1.54, 1.807) is 4.90 Å². The molecule has 1 aromatic carbocycles. The van der Waals surface area contributed by atoms with Crippen LogP contribution in [-0.2, 0) is 16.1 Å². The number of hydrogen-bond donors (Lipinski definition) is 1. The highest BCUT2D eigenvalue weighted by atomic mass is 16.2. The van der Waals surface area contributed by atoms with Gasteiger partial charge >= 0.3 is 0 Å². The molecular weight excluding hydrogens is 216 g/mol. The molecule has 0 aliphatic carbocycles. The molecule has 1 aliphatic rings. The molecule has 1 aromatic rings. The summed E-state index contributed by atoms with van der Waals surface area (Å²) in [5.74, 6) is -0.113. The Kier molecular flexibility index (Phi) is 3.13. The summed E-state index contributed by atoms with van der Waals surface area (Å²) < 4.78 is 0. The minimum atomic E-state index is -0.0889. The number of nitrogens with zero attached hydrogens (tertiary/aromatic N) is 1. The topological polar surface area (TPSA) is 49.4 Å². The van der Waals surface area contributed by atoms with Crippen LogP contribution in [0.5, 0.6) is 0 Å². The van der Waals surface area contributed by atoms with Crippen molar-refractivity contribution in [2.24, 2.45) is 0 Å². The number of rotatable bonds is 2. The highest BCUT2D eigenvalue weighted by Crippen LogP contribution is 2.12. The van der Waals surface area contributed by atoms with Gasteiger partial charge in [0.25, 0.3) is 0 Å². The molecule has 0 aromatic heterocycles. The van der Waals surface area contributed by atoms with Crippen LogP contribution in [0.1, 0.15) is 16.7 Å². The molecule has 1 N–H and O–H groups in total. The first kappa shape index (κ1) is 11.6. The number of nitrogens with one attached hydrogen (secondary N) is 1. The molecule has 1 heterocycles. The average Bonchev–Trinajstić information content (AvgIpc) is 2.22. The van der Waals surface area contributed by atoms with Gasteiger partial charge in [-0.15, -0.1) is 0 Å². The summed E-state index contributed by atoms with van der Waals surface area (Å²) >= 11 is 0. The molecule has 0 bridgehead atoms. The molecule has 1 saturated heterocycles. The predicted octanol–water partition coefficient (Wildman–Crippen LogP) is 0.762. The van der Waals surface area contributed by atoms with Gasteiger partial charge in [-0.3, -0.25) is 9.59 Å². The van der Waals surface area contributed by atoms with Crippen LogP contribution in [0.4, 0.5) is 0 Å². The molecule has 0 atom stereocenters. The first-order valence-electron chi connectivity index (χ1n) is 5.66. The van der Waals surface area contributed by atoms with E-state index in [1.807, 2.05) is 26.0 Å². The molecule has 2 rings (SSSR count). The Morgan fingerprint density at radius 2 is 1.82 bits per heavy atom. The number of aryl methyl sites for hydroxylation is 2. The Labute approximate surface area is 101 Å². The predicted molar refractivity (Wildman–Crippen MR) is 64.3 cm³/mol. The Balaban J connectivity index is 2.13. The number of amides is 2. The van der Waals surface area contributed by atoms with E-state index >= 15 is 0 Å². The van der Waals surface area contributed by atoms with Crippen molar-refractivity contribution >= 4 is 11.8 Å². The molecule has 0 spiro atoms. The van der Waals surface area contributed by atoms with Gasteiger partial charge < -0.3 is 10.2 Å². The van der Waals surface area contributed by atoms with Crippen LogP contribution in [0.25, 0.3) is 0 Å². The van der Waals surface area contributed by atoms with E-state index in [-0.39, 0.29) is 24.9 Å². The SMILES string of the molecule is Cc1cc(C)cc(CN2CC(=O)NCC2=O)c1. The fourth-order valence-electron chi connectivity index (χ4n) is 2.13. The second-order valence-electron chi connectivity index (χ2n) is 4.52. The molecular formula is C13H16N2O2. The van der Waals surface area contributed by atoms with Crippen molar-refractivity contribution in [3.8, 4) is 0 Å². The quantitative estimate of drug-likeness (QED) is 0.818. The van der Waals surface area contributed by atoms with E-state index in [1.165, 1.54) is 11.1 Å². The summed E-state index contributed by atoms with van der Waals surface area (Å²) in [7, 11) is 0. The zero-order valence-corrected chi connectivity index (χ0v) is 10.1. The first-order valence-corrected chi connectivity index (χ1v) is 5.66. The minimum absolute atomic E-state index is 0.0243. The van der Waals surface area contributed by atoms with Crippen LogP contribution in [0.15, 0.2) is 18.2 Å². The number of hydrogen-bond acceptors (Lipinski definition) is 2. The van der Waals surface area contributed by atoms with Crippen molar-refractivity contribution in [3.05, 3.63) is 34.9 Å². The van der Waals surface area contributed by atoms with E-state index in [0.29, 0.717) is 6.54 Å². The maximum Gasteiger partial charge on any atom is 0.242 e. The molecule has 1 fully saturated rings. The lowest BCUT2D eigenvalue weighted by atomic mass is 10.1. The lowest BCUT2D eigenvalue weighted by Crippen LogP contribution is -2.51. The first-order chi connectivity index (χ1) is 8.04. The monoisotopic (exact) mass is 232 g/mol. The highest BCUT2D eigenvalue weighted by molar-refractivity contribution is 5.92. The largest absolute Gasteiger partial charge is 0.345 e. The Bertz CT molecular complexity index is 448. The number of carbonyl (C=O) groups is 2. The van der Waals surface area contributed by atoms with Crippen LogP contribution in [-0.4, -0.2) is 29.8 Å². The maximum atomic E-state index is 11.6. The Morgan fingerprint density at radius 3 is 2.47 bits per heavy atom. The van der Waals surface area contributed by atoms with Crippen LogP contribution in [0, 0.1) is 13.8 Å². The Morgan fingerprint density at radius 1 is 1.18 bits per heavy atom. The van der Waals surface area contributed by atoms with E-state index in [0.717, 1.165) is 5.56 Å². The summed E-state index contributed by atoms with van der Waals surface area (Å²) in [6.07, 6.45) is 0. The van der Waals surface area contributed by atoms with Gasteiger partial charge in [0.2, 0.25) is 11.8 Å². The standard InChI is InChI=1S/C13H16N2O2/c1-9-3-10(2)5-11(4-9)7-15-8-12(16)14-6-13(15)17/h3-5H,6-8H2,1-2H3,(H,14,16). The molecule has 0 saturated carbocycles. The van der Waals surface area contributed by atoms with Crippen molar-refractivity contribution in [2.75, 3.05) is 13.1 Å². The zero-order valence-electron chi connectivity index (χ0n) is 10.1. The van der Waals surface area contributed by atoms with Crippen LogP contribution >= 0.6 is 0 Å². The fourth-order valence-corrected chi connectivity index (χ4v) is 2.13. The number of carbonyl (C=O) groups excluding carboxylic acids is 2. The van der Waals surface area contributed by atoms with Crippen LogP contribution in [0.3, 0.4) is 0 Å². The normalized spacial score (nSPS) is 16.0. The molecule has 17 heavy (non-hydrogen) atoms. The lowest BCUT2D eigenvalue weighted by Gasteiger charge is -2.26. The van der Waals surface area contributed by atoms with Gasteiger partial charge in [0, 0.05) is 6.54 Å². The molecule has 90 valence electrons. The van der Waals surface area contributed by atoms with Gasteiger partial charge in [-0.05, 0) is 19.4 Å². The second kappa shape index (κ2) is 4.57. The molecule has 4 heteroatoms. The third kappa shape index (κ3) is 2.84. The van der Waals surface area contributed by atoms with Gasteiger partial charge in [0.05, 0.1) is 13.1 Å². The van der Waals surface area contributed by atoms with Crippen LogP contribution in [0.2, 0.25) is 0 Å². The fraction of sp³-hybridized carbons (Fsp3) is 0.385. The second-order valence-corrected chi connectivity index (χ2v) is 4.52. The summed E-state index contributed by atoms with van der Waals surface area (Å²) in [5.41, 5.74) is 3.42. The molecule has 2 amide bonds. The van der Waals surface area contributed by atoms with Crippen molar-refractivity contribution < 1.29 is 9.59 Å². The molecule has 4 nitrogen and oxygen atoms in total. The summed E-state index contributed by atoms with van der Waals surface area (Å²) in [4.78, 5) is 24.5.